The Labute approximate surface area is 186 Å². The Bertz CT molecular complexity index is 1270. The number of benzene rings is 2. The van der Waals surface area contributed by atoms with Gasteiger partial charge in [0.1, 0.15) is 17.4 Å². The number of aromatic amines is 1. The topological polar surface area (TPSA) is 112 Å². The number of halogens is 1. The monoisotopic (exact) mass is 484 g/mol. The normalized spacial score (nSPS) is 13.9. The second-order valence-corrected chi connectivity index (χ2v) is 8.02. The minimum absolute atomic E-state index is 0.0110. The Balaban J connectivity index is 1.54. The summed E-state index contributed by atoms with van der Waals surface area (Å²) in [5.41, 5.74) is 1.44. The summed E-state index contributed by atoms with van der Waals surface area (Å²) in [6, 6.07) is 10.9. The molecule has 0 aliphatic carbocycles. The van der Waals surface area contributed by atoms with Crippen molar-refractivity contribution in [2.24, 2.45) is 0 Å². The highest BCUT2D eigenvalue weighted by atomic mass is 79.9. The number of aromatic nitrogens is 2. The van der Waals surface area contributed by atoms with Crippen molar-refractivity contribution in [2.75, 3.05) is 27.3 Å². The molecule has 0 saturated heterocycles. The summed E-state index contributed by atoms with van der Waals surface area (Å²) in [7, 11) is 3.17. The smallest absolute Gasteiger partial charge is 0.259 e. The predicted molar refractivity (Wildman–Crippen MR) is 122 cm³/mol. The van der Waals surface area contributed by atoms with Gasteiger partial charge in [-0.1, -0.05) is 22.0 Å². The number of H-pyrrole nitrogens is 1. The summed E-state index contributed by atoms with van der Waals surface area (Å²) >= 11 is 3.35. The largest absolute Gasteiger partial charge is 0.510 e. The van der Waals surface area contributed by atoms with Crippen LogP contribution < -0.4 is 15.0 Å². The van der Waals surface area contributed by atoms with Gasteiger partial charge in [-0.15, -0.1) is 0 Å². The molecular formula is C22H21BrN4O4. The molecule has 31 heavy (non-hydrogen) atoms. The fourth-order valence-electron chi connectivity index (χ4n) is 3.60. The Morgan fingerprint density at radius 1 is 1.19 bits per heavy atom. The van der Waals surface area contributed by atoms with Crippen LogP contribution in [0.15, 0.2) is 51.4 Å². The molecule has 3 aromatic rings. The maximum Gasteiger partial charge on any atom is 0.259 e. The molecule has 1 aliphatic heterocycles. The van der Waals surface area contributed by atoms with Gasteiger partial charge in [0, 0.05) is 11.0 Å². The van der Waals surface area contributed by atoms with Gasteiger partial charge < -0.3 is 24.5 Å². The molecule has 4 rings (SSSR count). The van der Waals surface area contributed by atoms with Crippen LogP contribution in [0.5, 0.6) is 11.5 Å². The van der Waals surface area contributed by atoms with E-state index in [0.29, 0.717) is 35.4 Å². The SMILES string of the molecule is COc1ccc(CCN2CC(O)=C(c3nc4ccc(Br)cc4c(=O)[nH]3)C2=N)cc1OC. The highest BCUT2D eigenvalue weighted by Crippen LogP contribution is 2.29. The lowest BCUT2D eigenvalue weighted by molar-refractivity contribution is 0.349. The van der Waals surface area contributed by atoms with Crippen molar-refractivity contribution >= 4 is 38.2 Å². The van der Waals surface area contributed by atoms with Gasteiger partial charge >= 0.3 is 0 Å². The second kappa shape index (κ2) is 8.43. The van der Waals surface area contributed by atoms with E-state index in [1.54, 1.807) is 37.3 Å². The summed E-state index contributed by atoms with van der Waals surface area (Å²) in [6.07, 6.45) is 0.638. The van der Waals surface area contributed by atoms with Crippen molar-refractivity contribution in [3.05, 3.63) is 68.4 Å². The third kappa shape index (κ3) is 4.00. The first-order valence-corrected chi connectivity index (χ1v) is 10.4. The minimum Gasteiger partial charge on any atom is -0.510 e. The Morgan fingerprint density at radius 2 is 1.97 bits per heavy atom. The maximum atomic E-state index is 12.5. The fourth-order valence-corrected chi connectivity index (χ4v) is 3.96. The zero-order valence-electron chi connectivity index (χ0n) is 17.0. The summed E-state index contributed by atoms with van der Waals surface area (Å²) in [6.45, 7) is 0.691. The van der Waals surface area contributed by atoms with Crippen LogP contribution in [-0.2, 0) is 6.42 Å². The number of rotatable bonds is 6. The molecule has 0 fully saturated rings. The average Bonchev–Trinajstić information content (AvgIpc) is 3.05. The number of amidine groups is 1. The van der Waals surface area contributed by atoms with Gasteiger partial charge in [-0.25, -0.2) is 4.98 Å². The van der Waals surface area contributed by atoms with Gasteiger partial charge in [-0.3, -0.25) is 10.2 Å². The molecule has 3 N–H and O–H groups in total. The molecular weight excluding hydrogens is 464 g/mol. The van der Waals surface area contributed by atoms with Crippen LogP contribution in [0.3, 0.4) is 0 Å². The van der Waals surface area contributed by atoms with E-state index in [4.69, 9.17) is 14.9 Å². The predicted octanol–water partition coefficient (Wildman–Crippen LogP) is 3.51. The van der Waals surface area contributed by atoms with E-state index in [-0.39, 0.29) is 35.1 Å². The highest BCUT2D eigenvalue weighted by molar-refractivity contribution is 9.10. The first kappa shape index (κ1) is 20.9. The summed E-state index contributed by atoms with van der Waals surface area (Å²) in [5.74, 6) is 1.62. The first-order chi connectivity index (χ1) is 14.9. The molecule has 8 nitrogen and oxygen atoms in total. The first-order valence-electron chi connectivity index (χ1n) is 9.58. The number of ether oxygens (including phenoxy) is 2. The van der Waals surface area contributed by atoms with Crippen LogP contribution in [0.25, 0.3) is 16.5 Å². The van der Waals surface area contributed by atoms with E-state index in [1.165, 1.54) is 0 Å². The van der Waals surface area contributed by atoms with Crippen molar-refractivity contribution in [3.8, 4) is 11.5 Å². The molecule has 0 spiro atoms. The molecule has 2 heterocycles. The number of nitrogens with one attached hydrogen (secondary N) is 2. The lowest BCUT2D eigenvalue weighted by Gasteiger charge is -2.19. The molecule has 9 heteroatoms. The van der Waals surface area contributed by atoms with Crippen LogP contribution >= 0.6 is 15.9 Å². The Hall–Kier alpha value is -3.33. The third-order valence-electron chi connectivity index (χ3n) is 5.20. The van der Waals surface area contributed by atoms with Crippen molar-refractivity contribution in [1.29, 1.82) is 5.41 Å². The van der Waals surface area contributed by atoms with Gasteiger partial charge in [0.25, 0.3) is 5.56 Å². The van der Waals surface area contributed by atoms with E-state index < -0.39 is 0 Å². The van der Waals surface area contributed by atoms with E-state index in [2.05, 4.69) is 25.9 Å². The lowest BCUT2D eigenvalue weighted by Crippen LogP contribution is -2.29. The number of nitrogens with zero attached hydrogens (tertiary/aromatic N) is 2. The molecule has 1 aromatic heterocycles. The fraction of sp³-hybridized carbons (Fsp3) is 0.227. The Kier molecular flexibility index (Phi) is 5.69. The molecule has 0 unspecified atom stereocenters. The van der Waals surface area contributed by atoms with Crippen LogP contribution in [0.1, 0.15) is 11.4 Å². The van der Waals surface area contributed by atoms with Gasteiger partial charge in [-0.2, -0.15) is 0 Å². The summed E-state index contributed by atoms with van der Waals surface area (Å²) in [4.78, 5) is 21.4. The average molecular weight is 485 g/mol. The zero-order valence-corrected chi connectivity index (χ0v) is 18.6. The summed E-state index contributed by atoms with van der Waals surface area (Å²) < 4.78 is 11.4. The quantitative estimate of drug-likeness (QED) is 0.493. The number of aliphatic hydroxyl groups is 1. The van der Waals surface area contributed by atoms with Gasteiger partial charge in [0.2, 0.25) is 0 Å². The molecule has 0 bridgehead atoms. The lowest BCUT2D eigenvalue weighted by atomic mass is 10.1. The van der Waals surface area contributed by atoms with Crippen molar-refractivity contribution in [3.63, 3.8) is 0 Å². The maximum absolute atomic E-state index is 12.5. The van der Waals surface area contributed by atoms with Crippen LogP contribution in [0, 0.1) is 5.41 Å². The number of aliphatic hydroxyl groups excluding tert-OH is 1. The third-order valence-corrected chi connectivity index (χ3v) is 5.70. The summed E-state index contributed by atoms with van der Waals surface area (Å²) in [5, 5.41) is 19.5. The number of methoxy groups -OCH3 is 2. The molecule has 2 aromatic carbocycles. The van der Waals surface area contributed by atoms with Crippen LogP contribution in [0.4, 0.5) is 0 Å². The molecule has 0 amide bonds. The van der Waals surface area contributed by atoms with E-state index in [0.717, 1.165) is 10.0 Å². The number of hydrogen-bond donors (Lipinski definition) is 3. The van der Waals surface area contributed by atoms with Crippen molar-refractivity contribution in [1.82, 2.24) is 14.9 Å². The number of hydrogen-bond acceptors (Lipinski definition) is 6. The van der Waals surface area contributed by atoms with Gasteiger partial charge in [0.15, 0.2) is 11.5 Å². The minimum atomic E-state index is -0.321. The zero-order chi connectivity index (χ0) is 22.1. The number of fused-ring (bicyclic) bond motifs is 1. The molecule has 1 aliphatic rings. The second-order valence-electron chi connectivity index (χ2n) is 7.11. The molecule has 0 radical (unpaired) electrons. The standard InChI is InChI=1S/C22H21BrN4O4/c1-30-17-6-3-12(9-18(17)31-2)7-8-27-11-16(28)19(20(27)24)21-25-15-5-4-13(23)10-14(15)22(29)26-21/h3-6,9-10,24,28H,7-8,11H2,1-2H3,(H,25,26,29). The van der Waals surface area contributed by atoms with Gasteiger partial charge in [-0.05, 0) is 42.3 Å². The van der Waals surface area contributed by atoms with E-state index in [1.807, 2.05) is 18.2 Å². The van der Waals surface area contributed by atoms with Crippen molar-refractivity contribution in [2.45, 2.75) is 6.42 Å². The van der Waals surface area contributed by atoms with E-state index >= 15 is 0 Å². The molecule has 160 valence electrons. The Morgan fingerprint density at radius 3 is 2.71 bits per heavy atom. The van der Waals surface area contributed by atoms with Crippen LogP contribution in [-0.4, -0.2) is 53.1 Å². The molecule has 0 saturated carbocycles. The van der Waals surface area contributed by atoms with Crippen molar-refractivity contribution < 1.29 is 14.6 Å². The van der Waals surface area contributed by atoms with E-state index in [9.17, 15) is 9.90 Å². The van der Waals surface area contributed by atoms with Crippen LogP contribution in [0.2, 0.25) is 0 Å². The highest BCUT2D eigenvalue weighted by Gasteiger charge is 2.30. The molecule has 0 atom stereocenters. The van der Waals surface area contributed by atoms with Gasteiger partial charge in [0.05, 0.1) is 37.2 Å².